The number of ether oxygens (including phenoxy) is 1. The molecule has 0 saturated carbocycles. The number of esters is 1. The van der Waals surface area contributed by atoms with Crippen LogP contribution < -0.4 is 0 Å². The van der Waals surface area contributed by atoms with Gasteiger partial charge in [-0.25, -0.2) is 0 Å². The summed E-state index contributed by atoms with van der Waals surface area (Å²) in [6.45, 7) is 5.22. The van der Waals surface area contributed by atoms with Gasteiger partial charge >= 0.3 is 5.97 Å². The van der Waals surface area contributed by atoms with Gasteiger partial charge in [-0.2, -0.15) is 0 Å². The van der Waals surface area contributed by atoms with E-state index in [-0.39, 0.29) is 24.7 Å². The van der Waals surface area contributed by atoms with E-state index in [1.165, 1.54) is 25.9 Å². The number of hydrogen-bond acceptors (Lipinski definition) is 5. The highest BCUT2D eigenvalue weighted by molar-refractivity contribution is 5.81. The maximum atomic E-state index is 12.3. The molecule has 0 aliphatic carbocycles. The van der Waals surface area contributed by atoms with Crippen molar-refractivity contribution < 1.29 is 14.3 Å². The van der Waals surface area contributed by atoms with Gasteiger partial charge in [0.05, 0.1) is 6.42 Å². The Balaban J connectivity index is 1.61. The molecule has 0 atom stereocenters. The van der Waals surface area contributed by atoms with Crippen molar-refractivity contribution in [1.82, 2.24) is 14.7 Å². The second-order valence-corrected chi connectivity index (χ2v) is 7.88. The van der Waals surface area contributed by atoms with Crippen LogP contribution in [0.1, 0.15) is 38.5 Å². The summed E-state index contributed by atoms with van der Waals surface area (Å²) >= 11 is 0. The highest BCUT2D eigenvalue weighted by atomic mass is 16.5. The molecule has 1 amide bonds. The maximum absolute atomic E-state index is 12.3. The fourth-order valence-electron chi connectivity index (χ4n) is 3.90. The van der Waals surface area contributed by atoms with Crippen LogP contribution >= 0.6 is 0 Å². The molecule has 6 heteroatoms. The summed E-state index contributed by atoms with van der Waals surface area (Å²) in [5.41, 5.74) is 0. The van der Waals surface area contributed by atoms with Crippen molar-refractivity contribution in [2.75, 3.05) is 60.5 Å². The van der Waals surface area contributed by atoms with Gasteiger partial charge in [-0.3, -0.25) is 9.59 Å². The van der Waals surface area contributed by atoms with Crippen LogP contribution in [0.15, 0.2) is 0 Å². The number of rotatable bonds is 7. The van der Waals surface area contributed by atoms with E-state index >= 15 is 0 Å². The van der Waals surface area contributed by atoms with Gasteiger partial charge in [0.2, 0.25) is 5.91 Å². The van der Waals surface area contributed by atoms with Crippen molar-refractivity contribution >= 4 is 11.9 Å². The zero-order valence-electron chi connectivity index (χ0n) is 16.2. The first-order valence-corrected chi connectivity index (χ1v) is 9.72. The molecule has 2 aliphatic rings. The highest BCUT2D eigenvalue weighted by Crippen LogP contribution is 2.32. The van der Waals surface area contributed by atoms with Gasteiger partial charge < -0.3 is 19.4 Å². The fraction of sp³-hybridized carbons (Fsp3) is 0.895. The van der Waals surface area contributed by atoms with Crippen molar-refractivity contribution in [3.63, 3.8) is 0 Å². The first kappa shape index (κ1) is 20.2. The summed E-state index contributed by atoms with van der Waals surface area (Å²) in [4.78, 5) is 30.3. The normalized spacial score (nSPS) is 20.9. The van der Waals surface area contributed by atoms with Crippen molar-refractivity contribution in [3.8, 4) is 0 Å². The molecule has 0 aromatic rings. The summed E-state index contributed by atoms with van der Waals surface area (Å²) in [6, 6.07) is 0. The van der Waals surface area contributed by atoms with Gasteiger partial charge in [0, 0.05) is 26.1 Å². The van der Waals surface area contributed by atoms with Crippen LogP contribution in [0.3, 0.4) is 0 Å². The third-order valence-corrected chi connectivity index (χ3v) is 5.67. The van der Waals surface area contributed by atoms with Crippen LogP contribution in [0.2, 0.25) is 0 Å². The molecule has 0 radical (unpaired) electrons. The highest BCUT2D eigenvalue weighted by Gasteiger charge is 2.30. The Morgan fingerprint density at radius 2 is 1.52 bits per heavy atom. The molecular weight excluding hydrogens is 318 g/mol. The Kier molecular flexibility index (Phi) is 8.16. The van der Waals surface area contributed by atoms with Crippen LogP contribution in [0, 0.1) is 11.8 Å². The van der Waals surface area contributed by atoms with Crippen molar-refractivity contribution in [3.05, 3.63) is 0 Å². The molecule has 25 heavy (non-hydrogen) atoms. The Hall–Kier alpha value is -1.14. The summed E-state index contributed by atoms with van der Waals surface area (Å²) in [5.74, 6) is 1.44. The van der Waals surface area contributed by atoms with Crippen molar-refractivity contribution in [2.24, 2.45) is 11.8 Å². The lowest BCUT2D eigenvalue weighted by atomic mass is 9.79. The van der Waals surface area contributed by atoms with E-state index in [1.54, 1.807) is 0 Å². The molecule has 6 nitrogen and oxygen atoms in total. The Morgan fingerprint density at radius 3 is 2.08 bits per heavy atom. The Morgan fingerprint density at radius 1 is 0.960 bits per heavy atom. The number of likely N-dealkylation sites (N-methyl/N-ethyl adjacent to an activating group) is 1. The molecule has 2 rings (SSSR count). The standard InChI is InChI=1S/C19H35N3O3/c1-20(2)14-15-25-19(24)5-4-18(23)22-12-8-17(9-13-22)16-6-10-21(3)11-7-16/h16-17H,4-15H2,1-3H3. The minimum Gasteiger partial charge on any atom is -0.464 e. The quantitative estimate of drug-likeness (QED) is 0.649. The number of likely N-dealkylation sites (tertiary alicyclic amines) is 2. The minimum absolute atomic E-state index is 0.103. The zero-order valence-corrected chi connectivity index (χ0v) is 16.2. The number of hydrogen-bond donors (Lipinski definition) is 0. The smallest absolute Gasteiger partial charge is 0.306 e. The first-order valence-electron chi connectivity index (χ1n) is 9.72. The molecule has 2 aliphatic heterocycles. The number of nitrogens with zero attached hydrogens (tertiary/aromatic N) is 3. The molecule has 2 fully saturated rings. The molecule has 2 saturated heterocycles. The van der Waals surface area contributed by atoms with Crippen LogP contribution in [-0.2, 0) is 14.3 Å². The lowest BCUT2D eigenvalue weighted by molar-refractivity contribution is -0.146. The average Bonchev–Trinajstić information content (AvgIpc) is 2.60. The number of carbonyl (C=O) groups excluding carboxylic acids is 2. The van der Waals surface area contributed by atoms with E-state index in [1.807, 2.05) is 23.9 Å². The summed E-state index contributed by atoms with van der Waals surface area (Å²) in [6.07, 6.45) is 5.31. The molecule has 0 unspecified atom stereocenters. The van der Waals surface area contributed by atoms with Crippen LogP contribution in [0.5, 0.6) is 0 Å². The lowest BCUT2D eigenvalue weighted by Gasteiger charge is -2.39. The molecule has 2 heterocycles. The molecular formula is C19H35N3O3. The number of amides is 1. The fourth-order valence-corrected chi connectivity index (χ4v) is 3.90. The van der Waals surface area contributed by atoms with E-state index in [2.05, 4.69) is 11.9 Å². The third kappa shape index (κ3) is 6.94. The van der Waals surface area contributed by atoms with Gasteiger partial charge in [-0.15, -0.1) is 0 Å². The predicted molar refractivity (Wildman–Crippen MR) is 98.3 cm³/mol. The average molecular weight is 354 g/mol. The number of carbonyl (C=O) groups is 2. The topological polar surface area (TPSA) is 53.1 Å². The Bertz CT molecular complexity index is 426. The Labute approximate surface area is 152 Å². The maximum Gasteiger partial charge on any atom is 0.306 e. The minimum atomic E-state index is -0.267. The van der Waals surface area contributed by atoms with Crippen LogP contribution in [0.25, 0.3) is 0 Å². The van der Waals surface area contributed by atoms with Gasteiger partial charge in [-0.1, -0.05) is 0 Å². The first-order chi connectivity index (χ1) is 12.0. The third-order valence-electron chi connectivity index (χ3n) is 5.67. The second-order valence-electron chi connectivity index (χ2n) is 7.88. The molecule has 0 spiro atoms. The monoisotopic (exact) mass is 353 g/mol. The molecule has 144 valence electrons. The molecule has 0 bridgehead atoms. The van der Waals surface area contributed by atoms with Gasteiger partial charge in [0.1, 0.15) is 6.61 Å². The van der Waals surface area contributed by atoms with Crippen molar-refractivity contribution in [2.45, 2.75) is 38.5 Å². The largest absolute Gasteiger partial charge is 0.464 e. The van der Waals surface area contributed by atoms with Gasteiger partial charge in [0.25, 0.3) is 0 Å². The van der Waals surface area contributed by atoms with E-state index in [0.29, 0.717) is 13.2 Å². The molecule has 0 N–H and O–H groups in total. The second kappa shape index (κ2) is 10.1. The summed E-state index contributed by atoms with van der Waals surface area (Å²) in [7, 11) is 6.07. The molecule has 0 aromatic heterocycles. The van der Waals surface area contributed by atoms with E-state index < -0.39 is 0 Å². The SMILES string of the molecule is CN(C)CCOC(=O)CCC(=O)N1CCC(C2CCN(C)CC2)CC1. The molecule has 0 aromatic carbocycles. The van der Waals surface area contributed by atoms with Gasteiger partial charge in [0.15, 0.2) is 0 Å². The van der Waals surface area contributed by atoms with Crippen molar-refractivity contribution in [1.29, 1.82) is 0 Å². The predicted octanol–water partition coefficient (Wildman–Crippen LogP) is 1.45. The van der Waals surface area contributed by atoms with E-state index in [4.69, 9.17) is 4.74 Å². The summed E-state index contributed by atoms with van der Waals surface area (Å²) in [5, 5.41) is 0. The number of piperidine rings is 2. The lowest BCUT2D eigenvalue weighted by Crippen LogP contribution is -2.42. The zero-order chi connectivity index (χ0) is 18.2. The van der Waals surface area contributed by atoms with Crippen LogP contribution in [0.4, 0.5) is 0 Å². The van der Waals surface area contributed by atoms with E-state index in [0.717, 1.165) is 37.8 Å². The summed E-state index contributed by atoms with van der Waals surface area (Å²) < 4.78 is 5.14. The van der Waals surface area contributed by atoms with E-state index in [9.17, 15) is 9.59 Å². The van der Waals surface area contributed by atoms with Crippen LogP contribution in [-0.4, -0.2) is 87.0 Å². The van der Waals surface area contributed by atoms with Gasteiger partial charge in [-0.05, 0) is 71.8 Å².